The third kappa shape index (κ3) is 1.44. The number of nitrogens with one attached hydrogen (secondary N) is 1. The van der Waals surface area contributed by atoms with Gasteiger partial charge in [-0.3, -0.25) is 10.3 Å². The van der Waals surface area contributed by atoms with Crippen molar-refractivity contribution < 1.29 is 0 Å². The van der Waals surface area contributed by atoms with Crippen LogP contribution < -0.4 is 0 Å². The molecule has 0 bridgehead atoms. The Balaban J connectivity index is 1.61. The van der Waals surface area contributed by atoms with Crippen molar-refractivity contribution in [3.63, 3.8) is 0 Å². The first kappa shape index (κ1) is 8.72. The largest absolute Gasteiger partial charge is 0.356 e. The zero-order chi connectivity index (χ0) is 9.54. The van der Waals surface area contributed by atoms with E-state index in [2.05, 4.69) is 9.80 Å². The van der Waals surface area contributed by atoms with Gasteiger partial charge in [-0.2, -0.15) is 0 Å². The van der Waals surface area contributed by atoms with Crippen LogP contribution in [0, 0.1) is 5.41 Å². The molecule has 3 fully saturated rings. The Morgan fingerprint density at radius 3 is 2.57 bits per heavy atom. The topological polar surface area (TPSA) is 30.3 Å². The van der Waals surface area contributed by atoms with Gasteiger partial charge in [-0.25, -0.2) is 0 Å². The minimum atomic E-state index is 0.672. The summed E-state index contributed by atoms with van der Waals surface area (Å²) < 4.78 is 0. The smallest absolute Gasteiger partial charge is 0.0961 e. The summed E-state index contributed by atoms with van der Waals surface area (Å²) in [5.41, 5.74) is 0. The fraction of sp³-hybridized carbons (Fsp3) is 0.909. The summed E-state index contributed by atoms with van der Waals surface area (Å²) in [7, 11) is 0. The predicted molar refractivity (Wildman–Crippen MR) is 56.7 cm³/mol. The summed E-state index contributed by atoms with van der Waals surface area (Å²) in [5, 5.41) is 7.87. The van der Waals surface area contributed by atoms with Crippen molar-refractivity contribution in [2.24, 2.45) is 0 Å². The third-order valence-corrected chi connectivity index (χ3v) is 3.86. The van der Waals surface area contributed by atoms with Crippen molar-refractivity contribution in [1.29, 1.82) is 5.41 Å². The zero-order valence-electron chi connectivity index (χ0n) is 8.71. The normalized spacial score (nSPS) is 34.4. The minimum absolute atomic E-state index is 0.672. The summed E-state index contributed by atoms with van der Waals surface area (Å²) in [6.45, 7) is 3.65. The molecule has 3 nitrogen and oxygen atoms in total. The van der Waals surface area contributed by atoms with Gasteiger partial charge >= 0.3 is 0 Å². The average Bonchev–Trinajstić information content (AvgIpc) is 2.75. The van der Waals surface area contributed by atoms with Crippen LogP contribution in [0.4, 0.5) is 0 Å². The minimum Gasteiger partial charge on any atom is -0.356 e. The van der Waals surface area contributed by atoms with Gasteiger partial charge in [-0.05, 0) is 25.7 Å². The number of nitrogens with zero attached hydrogens (tertiary/aromatic N) is 2. The molecule has 3 aliphatic rings. The first-order chi connectivity index (χ1) is 6.84. The second-order valence-electron chi connectivity index (χ2n) is 4.91. The Labute approximate surface area is 85.6 Å². The van der Waals surface area contributed by atoms with E-state index in [0.29, 0.717) is 6.04 Å². The van der Waals surface area contributed by atoms with Crippen molar-refractivity contribution in [1.82, 2.24) is 9.80 Å². The highest BCUT2D eigenvalue weighted by Crippen LogP contribution is 2.32. The van der Waals surface area contributed by atoms with Crippen molar-refractivity contribution in [2.45, 2.75) is 44.2 Å². The van der Waals surface area contributed by atoms with E-state index in [-0.39, 0.29) is 0 Å². The van der Waals surface area contributed by atoms with Crippen LogP contribution in [0.25, 0.3) is 0 Å². The Morgan fingerprint density at radius 1 is 1.07 bits per heavy atom. The Morgan fingerprint density at radius 2 is 1.93 bits per heavy atom. The summed E-state index contributed by atoms with van der Waals surface area (Å²) in [6, 6.07) is 1.59. The Kier molecular flexibility index (Phi) is 2.01. The molecule has 2 saturated heterocycles. The number of likely N-dealkylation sites (tertiary alicyclic amines) is 2. The van der Waals surface area contributed by atoms with Crippen LogP contribution in [0.1, 0.15) is 32.1 Å². The maximum atomic E-state index is 7.87. The lowest BCUT2D eigenvalue weighted by Gasteiger charge is -2.26. The molecule has 3 heteroatoms. The van der Waals surface area contributed by atoms with Gasteiger partial charge in [0.05, 0.1) is 5.84 Å². The second-order valence-corrected chi connectivity index (χ2v) is 4.91. The number of hydrogen-bond donors (Lipinski definition) is 1. The highest BCUT2D eigenvalue weighted by atomic mass is 15.3. The molecule has 1 unspecified atom stereocenters. The summed E-state index contributed by atoms with van der Waals surface area (Å²) in [6.07, 6.45) is 6.35. The molecule has 1 atom stereocenters. The van der Waals surface area contributed by atoms with Gasteiger partial charge in [0.1, 0.15) is 0 Å². The molecule has 2 aliphatic heterocycles. The molecule has 0 radical (unpaired) electrons. The van der Waals surface area contributed by atoms with Crippen LogP contribution in [0.2, 0.25) is 0 Å². The summed E-state index contributed by atoms with van der Waals surface area (Å²) >= 11 is 0. The van der Waals surface area contributed by atoms with E-state index in [4.69, 9.17) is 5.41 Å². The average molecular weight is 193 g/mol. The molecule has 0 amide bonds. The molecule has 0 spiro atoms. The second kappa shape index (κ2) is 3.23. The van der Waals surface area contributed by atoms with Crippen molar-refractivity contribution >= 4 is 5.84 Å². The van der Waals surface area contributed by atoms with Gasteiger partial charge in [0.15, 0.2) is 0 Å². The van der Waals surface area contributed by atoms with Gasteiger partial charge in [0.25, 0.3) is 0 Å². The summed E-state index contributed by atoms with van der Waals surface area (Å²) in [4.78, 5) is 4.98. The van der Waals surface area contributed by atoms with E-state index in [1.54, 1.807) is 0 Å². The van der Waals surface area contributed by atoms with Crippen LogP contribution in [-0.4, -0.2) is 47.4 Å². The summed E-state index contributed by atoms with van der Waals surface area (Å²) in [5.74, 6) is 0.896. The maximum Gasteiger partial charge on any atom is 0.0961 e. The molecule has 1 saturated carbocycles. The van der Waals surface area contributed by atoms with E-state index in [0.717, 1.165) is 24.8 Å². The van der Waals surface area contributed by atoms with Crippen molar-refractivity contribution in [3.05, 3.63) is 0 Å². The van der Waals surface area contributed by atoms with Gasteiger partial charge in [0, 0.05) is 38.1 Å². The quantitative estimate of drug-likeness (QED) is 0.716. The lowest BCUT2D eigenvalue weighted by molar-refractivity contribution is 0.282. The highest BCUT2D eigenvalue weighted by Gasteiger charge is 2.37. The molecule has 0 aromatic carbocycles. The van der Waals surface area contributed by atoms with Gasteiger partial charge < -0.3 is 4.90 Å². The van der Waals surface area contributed by atoms with E-state index in [1.165, 1.54) is 38.8 Å². The number of amidine groups is 1. The van der Waals surface area contributed by atoms with Crippen molar-refractivity contribution in [3.8, 4) is 0 Å². The molecule has 3 rings (SSSR count). The van der Waals surface area contributed by atoms with E-state index < -0.39 is 0 Å². The van der Waals surface area contributed by atoms with Gasteiger partial charge in [0.2, 0.25) is 0 Å². The first-order valence-corrected chi connectivity index (χ1v) is 5.93. The predicted octanol–water partition coefficient (Wildman–Crippen LogP) is 1.30. The molecule has 2 heterocycles. The van der Waals surface area contributed by atoms with Crippen molar-refractivity contribution in [2.75, 3.05) is 19.6 Å². The van der Waals surface area contributed by atoms with Crippen LogP contribution in [0.5, 0.6) is 0 Å². The Hall–Kier alpha value is -0.570. The van der Waals surface area contributed by atoms with Gasteiger partial charge in [-0.1, -0.05) is 0 Å². The molecule has 1 aliphatic carbocycles. The SMILES string of the molecule is N=C1CCCN1C1CCN(C2CC2)C1. The van der Waals surface area contributed by atoms with Crippen LogP contribution in [0.3, 0.4) is 0 Å². The van der Waals surface area contributed by atoms with Gasteiger partial charge in [-0.15, -0.1) is 0 Å². The fourth-order valence-corrected chi connectivity index (χ4v) is 2.89. The lowest BCUT2D eigenvalue weighted by atomic mass is 10.2. The molecule has 14 heavy (non-hydrogen) atoms. The lowest BCUT2D eigenvalue weighted by Crippen LogP contribution is -2.38. The molecule has 78 valence electrons. The molecular formula is C11H19N3. The Bertz CT molecular complexity index is 247. The number of rotatable bonds is 2. The van der Waals surface area contributed by atoms with Crippen LogP contribution in [-0.2, 0) is 0 Å². The van der Waals surface area contributed by atoms with E-state index in [1.807, 2.05) is 0 Å². The van der Waals surface area contributed by atoms with E-state index in [9.17, 15) is 0 Å². The molecular weight excluding hydrogens is 174 g/mol. The van der Waals surface area contributed by atoms with Crippen LogP contribution >= 0.6 is 0 Å². The standard InChI is InChI=1S/C11H19N3/c12-11-2-1-6-14(11)10-5-7-13(8-10)9-3-4-9/h9-10,12H,1-8H2. The monoisotopic (exact) mass is 193 g/mol. The molecule has 0 aromatic heterocycles. The molecule has 1 N–H and O–H groups in total. The first-order valence-electron chi connectivity index (χ1n) is 5.93. The number of hydrogen-bond acceptors (Lipinski definition) is 2. The van der Waals surface area contributed by atoms with Crippen LogP contribution in [0.15, 0.2) is 0 Å². The molecule has 0 aromatic rings. The van der Waals surface area contributed by atoms with E-state index >= 15 is 0 Å². The zero-order valence-corrected chi connectivity index (χ0v) is 8.71. The third-order valence-electron chi connectivity index (χ3n) is 3.86. The fourth-order valence-electron chi connectivity index (χ4n) is 2.89. The highest BCUT2D eigenvalue weighted by molar-refractivity contribution is 5.81. The maximum absolute atomic E-state index is 7.87.